The highest BCUT2D eigenvalue weighted by Gasteiger charge is 2.37. The second kappa shape index (κ2) is 7.43. The standard InChI is InChI=1S/C14H29NO3/c1-11(2)15-14(10-16)7-5-6-13(8-14)18-12(3)9-17-4/h11-13,15-16H,5-10H2,1-4H3. The van der Waals surface area contributed by atoms with Gasteiger partial charge in [-0.25, -0.2) is 0 Å². The minimum atomic E-state index is -0.163. The molecule has 1 aliphatic carbocycles. The van der Waals surface area contributed by atoms with Gasteiger partial charge in [0.25, 0.3) is 0 Å². The highest BCUT2D eigenvalue weighted by molar-refractivity contribution is 4.95. The van der Waals surface area contributed by atoms with E-state index in [0.29, 0.717) is 12.6 Å². The van der Waals surface area contributed by atoms with E-state index in [1.54, 1.807) is 7.11 Å². The molecular formula is C14H29NO3. The summed E-state index contributed by atoms with van der Waals surface area (Å²) in [6.45, 7) is 7.09. The average Bonchev–Trinajstić information content (AvgIpc) is 2.28. The molecule has 1 fully saturated rings. The summed E-state index contributed by atoms with van der Waals surface area (Å²) in [6.07, 6.45) is 4.44. The minimum Gasteiger partial charge on any atom is -0.394 e. The highest BCUT2D eigenvalue weighted by Crippen LogP contribution is 2.31. The molecule has 1 aliphatic rings. The molecule has 0 heterocycles. The number of ether oxygens (including phenoxy) is 2. The van der Waals surface area contributed by atoms with Crippen LogP contribution in [0, 0.1) is 0 Å². The van der Waals surface area contributed by atoms with Crippen LogP contribution in [-0.2, 0) is 9.47 Å². The van der Waals surface area contributed by atoms with Gasteiger partial charge in [-0.2, -0.15) is 0 Å². The van der Waals surface area contributed by atoms with E-state index in [0.717, 1.165) is 25.7 Å². The van der Waals surface area contributed by atoms with Crippen LogP contribution < -0.4 is 5.32 Å². The molecule has 4 nitrogen and oxygen atoms in total. The SMILES string of the molecule is COCC(C)OC1CCCC(CO)(NC(C)C)C1. The molecule has 0 spiro atoms. The molecular weight excluding hydrogens is 230 g/mol. The summed E-state index contributed by atoms with van der Waals surface area (Å²) in [7, 11) is 1.69. The van der Waals surface area contributed by atoms with Gasteiger partial charge in [-0.1, -0.05) is 13.8 Å². The molecule has 0 aromatic carbocycles. The molecule has 108 valence electrons. The second-order valence-electron chi connectivity index (χ2n) is 5.86. The van der Waals surface area contributed by atoms with E-state index in [4.69, 9.17) is 9.47 Å². The van der Waals surface area contributed by atoms with Gasteiger partial charge in [0.15, 0.2) is 0 Å². The molecule has 18 heavy (non-hydrogen) atoms. The van der Waals surface area contributed by atoms with Gasteiger partial charge in [0.05, 0.1) is 25.4 Å². The van der Waals surface area contributed by atoms with E-state index < -0.39 is 0 Å². The molecule has 0 aromatic rings. The van der Waals surface area contributed by atoms with E-state index in [1.165, 1.54) is 0 Å². The largest absolute Gasteiger partial charge is 0.394 e. The lowest BCUT2D eigenvalue weighted by molar-refractivity contribution is -0.0735. The van der Waals surface area contributed by atoms with E-state index in [2.05, 4.69) is 19.2 Å². The lowest BCUT2D eigenvalue weighted by Gasteiger charge is -2.42. The zero-order valence-electron chi connectivity index (χ0n) is 12.2. The summed E-state index contributed by atoms with van der Waals surface area (Å²) < 4.78 is 11.1. The van der Waals surface area contributed by atoms with Crippen LogP contribution in [0.3, 0.4) is 0 Å². The minimum absolute atomic E-state index is 0.119. The molecule has 2 N–H and O–H groups in total. The first kappa shape index (κ1) is 15.9. The van der Waals surface area contributed by atoms with Crippen molar-refractivity contribution in [2.45, 2.75) is 70.2 Å². The van der Waals surface area contributed by atoms with Crippen molar-refractivity contribution in [2.75, 3.05) is 20.3 Å². The van der Waals surface area contributed by atoms with E-state index >= 15 is 0 Å². The average molecular weight is 259 g/mol. The second-order valence-corrected chi connectivity index (χ2v) is 5.86. The van der Waals surface area contributed by atoms with Gasteiger partial charge in [0, 0.05) is 18.7 Å². The van der Waals surface area contributed by atoms with Crippen molar-refractivity contribution < 1.29 is 14.6 Å². The molecule has 0 saturated heterocycles. The molecule has 0 aliphatic heterocycles. The van der Waals surface area contributed by atoms with Gasteiger partial charge in [-0.05, 0) is 32.6 Å². The molecule has 0 aromatic heterocycles. The molecule has 0 bridgehead atoms. The Kier molecular flexibility index (Phi) is 6.57. The Morgan fingerprint density at radius 3 is 2.67 bits per heavy atom. The first-order chi connectivity index (χ1) is 8.51. The molecule has 0 radical (unpaired) electrons. The van der Waals surface area contributed by atoms with Crippen molar-refractivity contribution in [3.63, 3.8) is 0 Å². The van der Waals surface area contributed by atoms with Gasteiger partial charge < -0.3 is 19.9 Å². The number of rotatable bonds is 7. The summed E-state index contributed by atoms with van der Waals surface area (Å²) in [5.41, 5.74) is -0.163. The number of nitrogens with one attached hydrogen (secondary N) is 1. The third-order valence-electron chi connectivity index (χ3n) is 3.52. The van der Waals surface area contributed by atoms with Crippen LogP contribution >= 0.6 is 0 Å². The number of hydrogen-bond acceptors (Lipinski definition) is 4. The first-order valence-corrected chi connectivity index (χ1v) is 7.04. The Labute approximate surface area is 111 Å². The van der Waals surface area contributed by atoms with Crippen molar-refractivity contribution in [2.24, 2.45) is 0 Å². The summed E-state index contributed by atoms with van der Waals surface area (Å²) in [6, 6.07) is 0.382. The fourth-order valence-electron chi connectivity index (χ4n) is 2.96. The lowest BCUT2D eigenvalue weighted by atomic mass is 9.80. The Morgan fingerprint density at radius 1 is 1.39 bits per heavy atom. The summed E-state index contributed by atoms with van der Waals surface area (Å²) in [4.78, 5) is 0. The van der Waals surface area contributed by atoms with Crippen LogP contribution in [0.4, 0.5) is 0 Å². The maximum atomic E-state index is 9.70. The van der Waals surface area contributed by atoms with E-state index in [-0.39, 0.29) is 24.4 Å². The predicted molar refractivity (Wildman–Crippen MR) is 72.8 cm³/mol. The van der Waals surface area contributed by atoms with Crippen molar-refractivity contribution in [3.8, 4) is 0 Å². The van der Waals surface area contributed by atoms with Crippen molar-refractivity contribution in [3.05, 3.63) is 0 Å². The third-order valence-corrected chi connectivity index (χ3v) is 3.52. The maximum Gasteiger partial charge on any atom is 0.0784 e. The summed E-state index contributed by atoms with van der Waals surface area (Å²) in [5, 5.41) is 13.2. The fraction of sp³-hybridized carbons (Fsp3) is 1.00. The topological polar surface area (TPSA) is 50.7 Å². The Bertz CT molecular complexity index is 235. The van der Waals surface area contributed by atoms with Crippen LogP contribution in [0.15, 0.2) is 0 Å². The number of hydrogen-bond donors (Lipinski definition) is 2. The highest BCUT2D eigenvalue weighted by atomic mass is 16.5. The lowest BCUT2D eigenvalue weighted by Crippen LogP contribution is -2.55. The van der Waals surface area contributed by atoms with Crippen LogP contribution in [0.2, 0.25) is 0 Å². The van der Waals surface area contributed by atoms with Crippen molar-refractivity contribution in [1.29, 1.82) is 0 Å². The Balaban J connectivity index is 2.52. The van der Waals surface area contributed by atoms with Gasteiger partial charge in [0.1, 0.15) is 0 Å². The van der Waals surface area contributed by atoms with Crippen molar-refractivity contribution >= 4 is 0 Å². The molecule has 3 atom stereocenters. The van der Waals surface area contributed by atoms with Crippen LogP contribution in [0.25, 0.3) is 0 Å². The molecule has 3 unspecified atom stereocenters. The molecule has 1 saturated carbocycles. The number of aliphatic hydroxyl groups is 1. The smallest absolute Gasteiger partial charge is 0.0784 e. The summed E-state index contributed by atoms with van der Waals surface area (Å²) >= 11 is 0. The van der Waals surface area contributed by atoms with E-state index in [1.807, 2.05) is 6.92 Å². The summed E-state index contributed by atoms with van der Waals surface area (Å²) in [5.74, 6) is 0. The zero-order valence-corrected chi connectivity index (χ0v) is 12.2. The Hall–Kier alpha value is -0.160. The van der Waals surface area contributed by atoms with E-state index in [9.17, 15) is 5.11 Å². The quantitative estimate of drug-likeness (QED) is 0.731. The van der Waals surface area contributed by atoms with Gasteiger partial charge in [0.2, 0.25) is 0 Å². The van der Waals surface area contributed by atoms with Gasteiger partial charge in [-0.3, -0.25) is 0 Å². The van der Waals surface area contributed by atoms with Crippen LogP contribution in [0.5, 0.6) is 0 Å². The third kappa shape index (κ3) is 4.84. The Morgan fingerprint density at radius 2 is 2.11 bits per heavy atom. The molecule has 0 amide bonds. The fourth-order valence-corrected chi connectivity index (χ4v) is 2.96. The normalized spacial score (nSPS) is 30.7. The monoisotopic (exact) mass is 259 g/mol. The van der Waals surface area contributed by atoms with Crippen LogP contribution in [0.1, 0.15) is 46.5 Å². The molecule has 4 heteroatoms. The predicted octanol–water partition coefficient (Wildman–Crippen LogP) is 1.71. The number of methoxy groups -OCH3 is 1. The first-order valence-electron chi connectivity index (χ1n) is 7.04. The number of aliphatic hydroxyl groups excluding tert-OH is 1. The maximum absolute atomic E-state index is 9.70. The van der Waals surface area contributed by atoms with Crippen LogP contribution in [-0.4, -0.2) is 49.2 Å². The molecule has 1 rings (SSSR count). The van der Waals surface area contributed by atoms with Gasteiger partial charge >= 0.3 is 0 Å². The van der Waals surface area contributed by atoms with Gasteiger partial charge in [-0.15, -0.1) is 0 Å². The zero-order chi connectivity index (χ0) is 13.6. The van der Waals surface area contributed by atoms with Crippen molar-refractivity contribution in [1.82, 2.24) is 5.32 Å².